The van der Waals surface area contributed by atoms with Crippen LogP contribution in [0.5, 0.6) is 11.5 Å². The van der Waals surface area contributed by atoms with Gasteiger partial charge in [0.05, 0.1) is 7.11 Å². The Kier molecular flexibility index (Phi) is 4.20. The van der Waals surface area contributed by atoms with Gasteiger partial charge in [-0.05, 0) is 36.4 Å². The first kappa shape index (κ1) is 12.9. The van der Waals surface area contributed by atoms with Crippen molar-refractivity contribution in [2.24, 2.45) is 0 Å². The van der Waals surface area contributed by atoms with Crippen LogP contribution in [0.1, 0.15) is 5.56 Å². The Labute approximate surface area is 113 Å². The monoisotopic (exact) mass is 310 g/mol. The van der Waals surface area contributed by atoms with E-state index in [0.717, 1.165) is 15.8 Å². The van der Waals surface area contributed by atoms with Gasteiger partial charge in [-0.3, -0.25) is 0 Å². The molecule has 0 radical (unpaired) electrons. The summed E-state index contributed by atoms with van der Waals surface area (Å²) in [5.41, 5.74) is 1.00. The van der Waals surface area contributed by atoms with Gasteiger partial charge in [0.15, 0.2) is 0 Å². The Hall–Kier alpha value is -1.55. The molecule has 94 valence electrons. The second-order valence-corrected chi connectivity index (χ2v) is 4.55. The number of halogens is 2. The summed E-state index contributed by atoms with van der Waals surface area (Å²) in [7, 11) is 1.62. The smallest absolute Gasteiger partial charge is 0.123 e. The average molecular weight is 311 g/mol. The van der Waals surface area contributed by atoms with Gasteiger partial charge in [-0.2, -0.15) is 0 Å². The quantitative estimate of drug-likeness (QED) is 0.843. The molecule has 0 unspecified atom stereocenters. The Bertz CT molecular complexity index is 526. The third-order valence-corrected chi connectivity index (χ3v) is 3.21. The summed E-state index contributed by atoms with van der Waals surface area (Å²) in [4.78, 5) is 0. The summed E-state index contributed by atoms with van der Waals surface area (Å²) in [6.45, 7) is 0.413. The molecular formula is C14H12BrFO2. The fourth-order valence-corrected chi connectivity index (χ4v) is 1.94. The molecule has 0 spiro atoms. The summed E-state index contributed by atoms with van der Waals surface area (Å²) in [5.74, 6) is 1.15. The van der Waals surface area contributed by atoms with Crippen LogP contribution in [0.4, 0.5) is 4.39 Å². The van der Waals surface area contributed by atoms with Crippen LogP contribution in [-0.2, 0) is 6.61 Å². The van der Waals surface area contributed by atoms with Crippen LogP contribution in [0, 0.1) is 5.82 Å². The molecule has 0 amide bonds. The van der Waals surface area contributed by atoms with E-state index in [9.17, 15) is 4.39 Å². The highest BCUT2D eigenvalue weighted by Gasteiger charge is 2.03. The first-order chi connectivity index (χ1) is 8.69. The minimum atomic E-state index is -0.270. The lowest BCUT2D eigenvalue weighted by Crippen LogP contribution is -1.97. The second-order valence-electron chi connectivity index (χ2n) is 3.70. The third kappa shape index (κ3) is 3.23. The Balaban J connectivity index is 2.04. The topological polar surface area (TPSA) is 18.5 Å². The van der Waals surface area contributed by atoms with Gasteiger partial charge in [-0.15, -0.1) is 0 Å². The van der Waals surface area contributed by atoms with Crippen LogP contribution in [-0.4, -0.2) is 7.11 Å². The first-order valence-corrected chi connectivity index (χ1v) is 6.19. The second kappa shape index (κ2) is 5.87. The maximum absolute atomic E-state index is 12.7. The molecule has 0 fully saturated rings. The molecule has 4 heteroatoms. The van der Waals surface area contributed by atoms with E-state index >= 15 is 0 Å². The molecule has 18 heavy (non-hydrogen) atoms. The zero-order chi connectivity index (χ0) is 13.0. The molecule has 0 saturated carbocycles. The minimum absolute atomic E-state index is 0.270. The average Bonchev–Trinajstić information content (AvgIpc) is 2.39. The van der Waals surface area contributed by atoms with Crippen molar-refractivity contribution < 1.29 is 13.9 Å². The van der Waals surface area contributed by atoms with Crippen LogP contribution >= 0.6 is 15.9 Å². The van der Waals surface area contributed by atoms with Crippen molar-refractivity contribution in [2.45, 2.75) is 6.61 Å². The molecule has 0 aliphatic rings. The normalized spacial score (nSPS) is 10.2. The van der Waals surface area contributed by atoms with Crippen LogP contribution in [0.3, 0.4) is 0 Å². The summed E-state index contributed by atoms with van der Waals surface area (Å²) < 4.78 is 24.3. The zero-order valence-corrected chi connectivity index (χ0v) is 11.4. The van der Waals surface area contributed by atoms with Crippen molar-refractivity contribution in [1.82, 2.24) is 0 Å². The molecule has 2 aromatic rings. The van der Waals surface area contributed by atoms with Gasteiger partial charge >= 0.3 is 0 Å². The maximum atomic E-state index is 12.7. The lowest BCUT2D eigenvalue weighted by atomic mass is 10.2. The lowest BCUT2D eigenvalue weighted by molar-refractivity contribution is 0.304. The van der Waals surface area contributed by atoms with Gasteiger partial charge in [0.1, 0.15) is 23.9 Å². The highest BCUT2D eigenvalue weighted by Crippen LogP contribution is 2.24. The van der Waals surface area contributed by atoms with E-state index in [1.165, 1.54) is 12.1 Å². The summed E-state index contributed by atoms with van der Waals surface area (Å²) in [5, 5.41) is 0. The molecule has 0 atom stereocenters. The van der Waals surface area contributed by atoms with Gasteiger partial charge in [-0.25, -0.2) is 4.39 Å². The zero-order valence-electron chi connectivity index (χ0n) is 9.82. The van der Waals surface area contributed by atoms with Crippen LogP contribution in [0.25, 0.3) is 0 Å². The Morgan fingerprint density at radius 3 is 2.33 bits per heavy atom. The SMILES string of the molecule is COc1ccc(COc2ccc(F)cc2)c(Br)c1. The Morgan fingerprint density at radius 1 is 1.06 bits per heavy atom. The molecular weight excluding hydrogens is 299 g/mol. The predicted octanol–water partition coefficient (Wildman–Crippen LogP) is 4.18. The number of hydrogen-bond acceptors (Lipinski definition) is 2. The van der Waals surface area contributed by atoms with Crippen LogP contribution in [0.15, 0.2) is 46.9 Å². The third-order valence-electron chi connectivity index (χ3n) is 2.47. The highest BCUT2D eigenvalue weighted by atomic mass is 79.9. The van der Waals surface area contributed by atoms with E-state index in [1.54, 1.807) is 19.2 Å². The van der Waals surface area contributed by atoms with Crippen molar-refractivity contribution in [3.63, 3.8) is 0 Å². The fraction of sp³-hybridized carbons (Fsp3) is 0.143. The van der Waals surface area contributed by atoms with Crippen molar-refractivity contribution in [3.8, 4) is 11.5 Å². The van der Waals surface area contributed by atoms with Gasteiger partial charge in [-0.1, -0.05) is 22.0 Å². The Morgan fingerprint density at radius 2 is 1.72 bits per heavy atom. The van der Waals surface area contributed by atoms with Crippen molar-refractivity contribution in [3.05, 3.63) is 58.3 Å². The van der Waals surface area contributed by atoms with Crippen molar-refractivity contribution >= 4 is 15.9 Å². The number of ether oxygens (including phenoxy) is 2. The molecule has 0 saturated heterocycles. The maximum Gasteiger partial charge on any atom is 0.123 e. The van der Waals surface area contributed by atoms with Crippen LogP contribution < -0.4 is 9.47 Å². The van der Waals surface area contributed by atoms with E-state index in [0.29, 0.717) is 12.4 Å². The molecule has 0 aliphatic carbocycles. The number of benzene rings is 2. The lowest BCUT2D eigenvalue weighted by Gasteiger charge is -2.09. The van der Waals surface area contributed by atoms with Crippen LogP contribution in [0.2, 0.25) is 0 Å². The molecule has 0 aromatic heterocycles. The summed E-state index contributed by atoms with van der Waals surface area (Å²) in [6, 6.07) is 11.6. The largest absolute Gasteiger partial charge is 0.497 e. The molecule has 0 aliphatic heterocycles. The number of rotatable bonds is 4. The first-order valence-electron chi connectivity index (χ1n) is 5.40. The van der Waals surface area contributed by atoms with Gasteiger partial charge in [0.25, 0.3) is 0 Å². The molecule has 2 aromatic carbocycles. The van der Waals surface area contributed by atoms with E-state index in [1.807, 2.05) is 18.2 Å². The molecule has 0 N–H and O–H groups in total. The van der Waals surface area contributed by atoms with Gasteiger partial charge in [0, 0.05) is 10.0 Å². The van der Waals surface area contributed by atoms with E-state index in [4.69, 9.17) is 9.47 Å². The fourth-order valence-electron chi connectivity index (χ4n) is 1.46. The number of hydrogen-bond donors (Lipinski definition) is 0. The van der Waals surface area contributed by atoms with E-state index < -0.39 is 0 Å². The predicted molar refractivity (Wildman–Crippen MR) is 71.4 cm³/mol. The minimum Gasteiger partial charge on any atom is -0.497 e. The summed E-state index contributed by atoms with van der Waals surface area (Å²) >= 11 is 3.45. The number of methoxy groups -OCH3 is 1. The summed E-state index contributed by atoms with van der Waals surface area (Å²) in [6.07, 6.45) is 0. The molecule has 2 nitrogen and oxygen atoms in total. The highest BCUT2D eigenvalue weighted by molar-refractivity contribution is 9.10. The molecule has 2 rings (SSSR count). The van der Waals surface area contributed by atoms with E-state index in [2.05, 4.69) is 15.9 Å². The van der Waals surface area contributed by atoms with E-state index in [-0.39, 0.29) is 5.82 Å². The standard InChI is InChI=1S/C14H12BrFO2/c1-17-13-5-2-10(14(15)8-13)9-18-12-6-3-11(16)4-7-12/h2-8H,9H2,1H3. The molecule has 0 heterocycles. The van der Waals surface area contributed by atoms with Crippen molar-refractivity contribution in [1.29, 1.82) is 0 Å². The molecule has 0 bridgehead atoms. The van der Waals surface area contributed by atoms with Gasteiger partial charge < -0.3 is 9.47 Å². The van der Waals surface area contributed by atoms with Gasteiger partial charge in [0.2, 0.25) is 0 Å². The van der Waals surface area contributed by atoms with Crippen molar-refractivity contribution in [2.75, 3.05) is 7.11 Å².